The number of primary amides is 1. The molecule has 0 aliphatic heterocycles. The molecule has 142 valence electrons. The van der Waals surface area contributed by atoms with Crippen LogP contribution in [0.25, 0.3) is 16.9 Å². The van der Waals surface area contributed by atoms with Gasteiger partial charge in [-0.1, -0.05) is 12.1 Å². The number of alkyl halides is 3. The molecule has 1 atom stereocenters. The van der Waals surface area contributed by atoms with Crippen LogP contribution in [-0.4, -0.2) is 31.6 Å². The lowest BCUT2D eigenvalue weighted by atomic mass is 9.89. The fraction of sp³-hybridized carbons (Fsp3) is 0.235. The number of benzene rings is 1. The average Bonchev–Trinajstić information content (AvgIpc) is 2.97. The molecule has 0 fully saturated rings. The van der Waals surface area contributed by atoms with E-state index >= 15 is 0 Å². The summed E-state index contributed by atoms with van der Waals surface area (Å²) in [5.74, 6) is -1.74. The van der Waals surface area contributed by atoms with E-state index in [1.54, 1.807) is 24.4 Å². The first-order valence-corrected chi connectivity index (χ1v) is 7.77. The van der Waals surface area contributed by atoms with Gasteiger partial charge in [0.15, 0.2) is 11.5 Å². The highest BCUT2D eigenvalue weighted by Crippen LogP contribution is 2.40. The van der Waals surface area contributed by atoms with Crippen molar-refractivity contribution in [3.63, 3.8) is 0 Å². The second-order valence-electron chi connectivity index (χ2n) is 6.21. The highest BCUT2D eigenvalue weighted by Gasteiger charge is 2.60. The van der Waals surface area contributed by atoms with Crippen LogP contribution < -0.4 is 11.5 Å². The van der Waals surface area contributed by atoms with Crippen LogP contribution in [0.15, 0.2) is 30.6 Å². The van der Waals surface area contributed by atoms with Crippen LogP contribution >= 0.6 is 0 Å². The Labute approximate surface area is 151 Å². The molecule has 27 heavy (non-hydrogen) atoms. The number of amides is 1. The van der Waals surface area contributed by atoms with Gasteiger partial charge in [0.25, 0.3) is 11.5 Å². The van der Waals surface area contributed by atoms with Crippen molar-refractivity contribution in [3.8, 4) is 11.3 Å². The Balaban J connectivity index is 2.28. The zero-order valence-electron chi connectivity index (χ0n) is 14.4. The lowest BCUT2D eigenvalue weighted by Gasteiger charge is -2.28. The molecule has 0 spiro atoms. The smallest absolute Gasteiger partial charge is 0.381 e. The zero-order valence-corrected chi connectivity index (χ0v) is 14.4. The number of aryl methyl sites for hydroxylation is 2. The van der Waals surface area contributed by atoms with Gasteiger partial charge in [-0.05, 0) is 25.5 Å². The molecular weight excluding hydrogens is 363 g/mol. The molecule has 1 amide bonds. The van der Waals surface area contributed by atoms with Crippen LogP contribution in [0.3, 0.4) is 0 Å². The number of nitrogen functional groups attached to an aromatic ring is 1. The molecule has 0 aliphatic carbocycles. The van der Waals surface area contributed by atoms with E-state index in [0.29, 0.717) is 28.2 Å². The summed E-state index contributed by atoms with van der Waals surface area (Å²) in [6.07, 6.45) is -2.23. The number of halogens is 3. The standard InChI is InChI=1S/C17H16F3N5O2/c1-8-3-4-10(16(27,15(22)26)17(18,19)20)5-11(8)12-6-23-14-13(21)24-9(2)7-25(12)14/h3-7,27H,1-2H3,(H2,21,24)(H2,22,26). The first-order valence-electron chi connectivity index (χ1n) is 7.77. The minimum atomic E-state index is -5.28. The number of nitrogens with zero attached hydrogens (tertiary/aromatic N) is 3. The first-order chi connectivity index (χ1) is 12.5. The second-order valence-corrected chi connectivity index (χ2v) is 6.21. The van der Waals surface area contributed by atoms with E-state index in [0.717, 1.165) is 12.1 Å². The fourth-order valence-electron chi connectivity index (χ4n) is 2.90. The summed E-state index contributed by atoms with van der Waals surface area (Å²) in [6.45, 7) is 3.38. The van der Waals surface area contributed by atoms with Gasteiger partial charge in [0.05, 0.1) is 17.6 Å². The SMILES string of the molecule is Cc1cn2c(-c3cc(C(O)(C(N)=O)C(F)(F)F)ccc3C)cnc2c(N)n1. The van der Waals surface area contributed by atoms with Crippen molar-refractivity contribution in [1.29, 1.82) is 0 Å². The van der Waals surface area contributed by atoms with Gasteiger partial charge in [0.2, 0.25) is 0 Å². The Morgan fingerprint density at radius 2 is 1.93 bits per heavy atom. The number of rotatable bonds is 3. The number of fused-ring (bicyclic) bond motifs is 1. The van der Waals surface area contributed by atoms with Gasteiger partial charge in [-0.3, -0.25) is 9.20 Å². The van der Waals surface area contributed by atoms with Crippen molar-refractivity contribution in [3.05, 3.63) is 47.4 Å². The number of aromatic nitrogens is 3. The topological polar surface area (TPSA) is 120 Å². The third-order valence-corrected chi connectivity index (χ3v) is 4.34. The number of hydrogen-bond donors (Lipinski definition) is 3. The molecule has 0 saturated heterocycles. The van der Waals surface area contributed by atoms with Crippen LogP contribution in [0.5, 0.6) is 0 Å². The Kier molecular flexibility index (Phi) is 4.11. The van der Waals surface area contributed by atoms with Crippen LogP contribution in [0, 0.1) is 13.8 Å². The van der Waals surface area contributed by atoms with Crippen LogP contribution in [-0.2, 0) is 10.4 Å². The summed E-state index contributed by atoms with van der Waals surface area (Å²) in [7, 11) is 0. The molecule has 0 bridgehead atoms. The zero-order chi connectivity index (χ0) is 20.1. The molecule has 3 rings (SSSR count). The van der Waals surface area contributed by atoms with Gasteiger partial charge in [-0.25, -0.2) is 9.97 Å². The van der Waals surface area contributed by atoms with Crippen molar-refractivity contribution < 1.29 is 23.1 Å². The summed E-state index contributed by atoms with van der Waals surface area (Å²) in [5.41, 5.74) is 8.49. The molecule has 0 radical (unpaired) electrons. The summed E-state index contributed by atoms with van der Waals surface area (Å²) in [4.78, 5) is 19.7. The monoisotopic (exact) mass is 379 g/mol. The van der Waals surface area contributed by atoms with Crippen LogP contribution in [0.2, 0.25) is 0 Å². The highest BCUT2D eigenvalue weighted by molar-refractivity contribution is 5.86. The maximum atomic E-state index is 13.4. The fourth-order valence-corrected chi connectivity index (χ4v) is 2.90. The summed E-state index contributed by atoms with van der Waals surface area (Å²) in [5, 5.41) is 10.1. The number of carbonyl (C=O) groups excluding carboxylic acids is 1. The maximum absolute atomic E-state index is 13.4. The molecular formula is C17H16F3N5O2. The van der Waals surface area contributed by atoms with E-state index in [1.165, 1.54) is 12.3 Å². The number of hydrogen-bond acceptors (Lipinski definition) is 5. The van der Waals surface area contributed by atoms with Gasteiger partial charge >= 0.3 is 6.18 Å². The Morgan fingerprint density at radius 3 is 2.52 bits per heavy atom. The van der Waals surface area contributed by atoms with E-state index in [9.17, 15) is 23.1 Å². The molecule has 0 aliphatic rings. The van der Waals surface area contributed by atoms with Crippen LogP contribution in [0.4, 0.5) is 19.0 Å². The summed E-state index contributed by atoms with van der Waals surface area (Å²) in [6, 6.07) is 3.45. The van der Waals surface area contributed by atoms with Crippen molar-refractivity contribution in [2.45, 2.75) is 25.6 Å². The van der Waals surface area contributed by atoms with Crippen molar-refractivity contribution in [2.24, 2.45) is 5.73 Å². The molecule has 2 aromatic heterocycles. The highest BCUT2D eigenvalue weighted by atomic mass is 19.4. The largest absolute Gasteiger partial charge is 0.430 e. The number of imidazole rings is 1. The van der Waals surface area contributed by atoms with Crippen LogP contribution in [0.1, 0.15) is 16.8 Å². The van der Waals surface area contributed by atoms with E-state index in [4.69, 9.17) is 11.5 Å². The molecule has 5 N–H and O–H groups in total. The third-order valence-electron chi connectivity index (χ3n) is 4.34. The average molecular weight is 379 g/mol. The number of nitrogens with two attached hydrogens (primary N) is 2. The van der Waals surface area contributed by atoms with Crippen molar-refractivity contribution in [2.75, 3.05) is 5.73 Å². The number of aliphatic hydroxyl groups is 1. The Morgan fingerprint density at radius 1 is 1.26 bits per heavy atom. The number of anilines is 1. The minimum absolute atomic E-state index is 0.166. The third kappa shape index (κ3) is 2.78. The Hall–Kier alpha value is -3.14. The second kappa shape index (κ2) is 5.95. The lowest BCUT2D eigenvalue weighted by Crippen LogP contribution is -2.52. The predicted octanol–water partition coefficient (Wildman–Crippen LogP) is 1.83. The van der Waals surface area contributed by atoms with E-state index in [1.807, 2.05) is 0 Å². The number of carbonyl (C=O) groups is 1. The quantitative estimate of drug-likeness (QED) is 0.641. The van der Waals surface area contributed by atoms with E-state index in [-0.39, 0.29) is 5.82 Å². The minimum Gasteiger partial charge on any atom is -0.381 e. The molecule has 7 nitrogen and oxygen atoms in total. The van der Waals surface area contributed by atoms with Gasteiger partial charge in [0.1, 0.15) is 0 Å². The van der Waals surface area contributed by atoms with Gasteiger partial charge in [-0.2, -0.15) is 13.2 Å². The van der Waals surface area contributed by atoms with Gasteiger partial charge < -0.3 is 16.6 Å². The molecule has 2 heterocycles. The molecule has 1 aromatic carbocycles. The molecule has 0 saturated carbocycles. The van der Waals surface area contributed by atoms with Crippen molar-refractivity contribution >= 4 is 17.4 Å². The molecule has 10 heteroatoms. The van der Waals surface area contributed by atoms with Gasteiger partial charge in [0, 0.05) is 17.3 Å². The maximum Gasteiger partial charge on any atom is 0.430 e. The molecule has 1 unspecified atom stereocenters. The Bertz CT molecular complexity index is 1060. The first kappa shape index (κ1) is 18.6. The molecule has 3 aromatic rings. The summed E-state index contributed by atoms with van der Waals surface area (Å²) >= 11 is 0. The lowest BCUT2D eigenvalue weighted by molar-refractivity contribution is -0.255. The van der Waals surface area contributed by atoms with Crippen molar-refractivity contribution in [1.82, 2.24) is 14.4 Å². The predicted molar refractivity (Wildman–Crippen MR) is 91.5 cm³/mol. The van der Waals surface area contributed by atoms with E-state index in [2.05, 4.69) is 9.97 Å². The normalized spacial score (nSPS) is 14.3. The van der Waals surface area contributed by atoms with E-state index < -0.39 is 23.2 Å². The summed E-state index contributed by atoms with van der Waals surface area (Å²) < 4.78 is 41.7. The van der Waals surface area contributed by atoms with Gasteiger partial charge in [-0.15, -0.1) is 0 Å².